The van der Waals surface area contributed by atoms with E-state index >= 15 is 0 Å². The minimum absolute atomic E-state index is 0.153. The van der Waals surface area contributed by atoms with Gasteiger partial charge in [0.05, 0.1) is 3.79 Å². The Kier molecular flexibility index (Phi) is 4.72. The molecule has 0 saturated heterocycles. The van der Waals surface area contributed by atoms with Gasteiger partial charge in [0.25, 0.3) is 0 Å². The molecule has 0 amide bonds. The first-order valence-corrected chi connectivity index (χ1v) is 7.65. The molecule has 0 bridgehead atoms. The topological polar surface area (TPSA) is 12.0 Å². The van der Waals surface area contributed by atoms with Crippen molar-refractivity contribution in [3.8, 4) is 0 Å². The lowest BCUT2D eigenvalue weighted by molar-refractivity contribution is -0.135. The van der Waals surface area contributed by atoms with Gasteiger partial charge in [-0.3, -0.25) is 0 Å². The molecule has 1 unspecified atom stereocenters. The van der Waals surface area contributed by atoms with E-state index in [4.69, 9.17) is 0 Å². The monoisotopic (exact) mass is 341 g/mol. The predicted octanol–water partition coefficient (Wildman–Crippen LogP) is 4.82. The van der Waals surface area contributed by atoms with Crippen molar-refractivity contribution >= 4 is 27.3 Å². The van der Waals surface area contributed by atoms with Gasteiger partial charge < -0.3 is 5.32 Å². The summed E-state index contributed by atoms with van der Waals surface area (Å²) in [4.78, 5) is 1.36. The van der Waals surface area contributed by atoms with Crippen molar-refractivity contribution in [3.05, 3.63) is 20.3 Å². The van der Waals surface area contributed by atoms with Gasteiger partial charge in [-0.1, -0.05) is 0 Å². The second-order valence-corrected chi connectivity index (χ2v) is 7.06. The molecule has 0 fully saturated rings. The molecule has 1 heterocycles. The molecule has 1 aliphatic carbocycles. The molecule has 1 atom stereocenters. The molecule has 1 N–H and O–H groups in total. The Labute approximate surface area is 117 Å². The number of aryl methyl sites for hydroxylation is 1. The first kappa shape index (κ1) is 14.3. The summed E-state index contributed by atoms with van der Waals surface area (Å²) in [6.07, 6.45) is -1.37. The van der Waals surface area contributed by atoms with E-state index < -0.39 is 12.6 Å². The van der Waals surface area contributed by atoms with Crippen LogP contribution in [0.3, 0.4) is 0 Å². The van der Waals surface area contributed by atoms with Gasteiger partial charge in [-0.2, -0.15) is 13.2 Å². The highest BCUT2D eigenvalue weighted by Gasteiger charge is 2.27. The number of hydrogen-bond donors (Lipinski definition) is 1. The first-order chi connectivity index (χ1) is 8.46. The summed E-state index contributed by atoms with van der Waals surface area (Å²) >= 11 is 5.20. The normalized spacial score (nSPS) is 19.9. The fraction of sp³-hybridized carbons (Fsp3) is 0.667. The molecular weight excluding hydrogens is 327 g/mol. The lowest BCUT2D eigenvalue weighted by Gasteiger charge is -2.23. The van der Waals surface area contributed by atoms with Crippen LogP contribution in [0.25, 0.3) is 0 Å². The van der Waals surface area contributed by atoms with Crippen LogP contribution in [0.5, 0.6) is 0 Å². The van der Waals surface area contributed by atoms with Crippen LogP contribution in [0.4, 0.5) is 13.2 Å². The SMILES string of the molecule is FC(F)(F)CCCNC1CCCc2sc(Br)cc21. The zero-order valence-electron chi connectivity index (χ0n) is 9.82. The Morgan fingerprint density at radius 2 is 2.22 bits per heavy atom. The number of hydrogen-bond acceptors (Lipinski definition) is 2. The second-order valence-electron chi connectivity index (χ2n) is 4.55. The molecular formula is C12H15BrF3NS. The maximum atomic E-state index is 12.0. The summed E-state index contributed by atoms with van der Waals surface area (Å²) in [5, 5.41) is 3.25. The molecule has 2 rings (SSSR count). The molecule has 1 nitrogen and oxygen atoms in total. The van der Waals surface area contributed by atoms with Crippen molar-refractivity contribution in [3.63, 3.8) is 0 Å². The summed E-state index contributed by atoms with van der Waals surface area (Å²) in [7, 11) is 0. The number of halogens is 4. The predicted molar refractivity (Wildman–Crippen MR) is 71.0 cm³/mol. The quantitative estimate of drug-likeness (QED) is 0.774. The molecule has 1 aliphatic rings. The number of rotatable bonds is 4. The average Bonchev–Trinajstić information content (AvgIpc) is 2.64. The highest BCUT2D eigenvalue weighted by atomic mass is 79.9. The minimum Gasteiger partial charge on any atom is -0.310 e. The molecule has 6 heteroatoms. The standard InChI is InChI=1S/C12H15BrF3NS/c13-11-7-8-9(3-1-4-10(8)18-11)17-6-2-5-12(14,15)16/h7,9,17H,1-6H2. The Morgan fingerprint density at radius 1 is 1.44 bits per heavy atom. The fourth-order valence-corrected chi connectivity index (χ4v) is 4.12. The van der Waals surface area contributed by atoms with Gasteiger partial charge in [0.15, 0.2) is 0 Å². The molecule has 1 aromatic rings. The van der Waals surface area contributed by atoms with Gasteiger partial charge >= 0.3 is 6.18 Å². The van der Waals surface area contributed by atoms with Crippen molar-refractivity contribution in [2.75, 3.05) is 6.54 Å². The van der Waals surface area contributed by atoms with Crippen LogP contribution in [0.1, 0.15) is 42.2 Å². The van der Waals surface area contributed by atoms with Gasteiger partial charge in [0, 0.05) is 17.3 Å². The fourth-order valence-electron chi connectivity index (χ4n) is 2.30. The van der Waals surface area contributed by atoms with Crippen molar-refractivity contribution in [1.82, 2.24) is 5.32 Å². The first-order valence-electron chi connectivity index (χ1n) is 6.04. The van der Waals surface area contributed by atoms with Gasteiger partial charge in [-0.15, -0.1) is 11.3 Å². The van der Waals surface area contributed by atoms with E-state index in [-0.39, 0.29) is 12.5 Å². The molecule has 1 aromatic heterocycles. The Hall–Kier alpha value is -0.0700. The Morgan fingerprint density at radius 3 is 2.94 bits per heavy atom. The second kappa shape index (κ2) is 5.92. The lowest BCUT2D eigenvalue weighted by atomic mass is 9.94. The highest BCUT2D eigenvalue weighted by Crippen LogP contribution is 2.37. The third-order valence-electron chi connectivity index (χ3n) is 3.11. The Balaban J connectivity index is 1.84. The number of alkyl halides is 3. The molecule has 0 aromatic carbocycles. The number of thiophene rings is 1. The van der Waals surface area contributed by atoms with Gasteiger partial charge in [-0.05, 0) is 59.8 Å². The summed E-state index contributed by atoms with van der Waals surface area (Å²) < 4.78 is 37.2. The van der Waals surface area contributed by atoms with Crippen LogP contribution < -0.4 is 5.32 Å². The van der Waals surface area contributed by atoms with E-state index in [9.17, 15) is 13.2 Å². The Bertz CT molecular complexity index is 403. The molecule has 18 heavy (non-hydrogen) atoms. The van der Waals surface area contributed by atoms with Crippen molar-refractivity contribution in [1.29, 1.82) is 0 Å². The maximum absolute atomic E-state index is 12.0. The summed E-state index contributed by atoms with van der Waals surface area (Å²) in [6.45, 7) is 0.428. The van der Waals surface area contributed by atoms with E-state index in [1.165, 1.54) is 10.4 Å². The van der Waals surface area contributed by atoms with E-state index in [1.54, 1.807) is 11.3 Å². The maximum Gasteiger partial charge on any atom is 0.389 e. The van der Waals surface area contributed by atoms with Gasteiger partial charge in [0.2, 0.25) is 0 Å². The van der Waals surface area contributed by atoms with Crippen molar-refractivity contribution < 1.29 is 13.2 Å². The van der Waals surface area contributed by atoms with Crippen LogP contribution in [0.2, 0.25) is 0 Å². The van der Waals surface area contributed by atoms with Crippen LogP contribution in [0, 0.1) is 0 Å². The van der Waals surface area contributed by atoms with E-state index in [0.717, 1.165) is 23.0 Å². The van der Waals surface area contributed by atoms with Gasteiger partial charge in [0.1, 0.15) is 0 Å². The number of fused-ring (bicyclic) bond motifs is 1. The molecule has 0 spiro atoms. The van der Waals surface area contributed by atoms with Crippen LogP contribution in [0.15, 0.2) is 9.85 Å². The zero-order valence-corrected chi connectivity index (χ0v) is 12.2. The third-order valence-corrected chi connectivity index (χ3v) is 4.83. The zero-order chi connectivity index (χ0) is 13.2. The molecule has 0 saturated carbocycles. The molecule has 0 radical (unpaired) electrons. The molecule has 0 aliphatic heterocycles. The van der Waals surface area contributed by atoms with Crippen molar-refractivity contribution in [2.45, 2.75) is 44.3 Å². The summed E-state index contributed by atoms with van der Waals surface area (Å²) in [5.74, 6) is 0. The van der Waals surface area contributed by atoms with Crippen LogP contribution in [-0.4, -0.2) is 12.7 Å². The highest BCUT2D eigenvalue weighted by molar-refractivity contribution is 9.11. The largest absolute Gasteiger partial charge is 0.389 e. The van der Waals surface area contributed by atoms with E-state index in [1.807, 2.05) is 0 Å². The lowest BCUT2D eigenvalue weighted by Crippen LogP contribution is -2.26. The van der Waals surface area contributed by atoms with Crippen molar-refractivity contribution in [2.24, 2.45) is 0 Å². The van der Waals surface area contributed by atoms with E-state index in [0.29, 0.717) is 6.54 Å². The number of nitrogens with one attached hydrogen (secondary N) is 1. The van der Waals surface area contributed by atoms with Crippen LogP contribution in [-0.2, 0) is 6.42 Å². The van der Waals surface area contributed by atoms with Crippen LogP contribution >= 0.6 is 27.3 Å². The average molecular weight is 342 g/mol. The van der Waals surface area contributed by atoms with E-state index in [2.05, 4.69) is 27.3 Å². The summed E-state index contributed by atoms with van der Waals surface area (Å²) in [6, 6.07) is 2.32. The smallest absolute Gasteiger partial charge is 0.310 e. The van der Waals surface area contributed by atoms with Gasteiger partial charge in [-0.25, -0.2) is 0 Å². The minimum atomic E-state index is -4.04. The molecule has 102 valence electrons. The summed E-state index contributed by atoms with van der Waals surface area (Å²) in [5.41, 5.74) is 1.27. The third kappa shape index (κ3) is 3.96.